The van der Waals surface area contributed by atoms with E-state index >= 15 is 0 Å². The standard InChI is InChI=1S/C24H25ClFN5O2/c1-33-22-14-20-17(24(28-15-27-20)29-16-7-8-19(26)18(25)12-16)13-21(22)30-23(32)6-5-11-31-9-3-2-4-10-31/h5-8,12-15H,2-4,9-11H2,1H3,(H,30,32)(H,27,28,29)/b6-5-. The van der Waals surface area contributed by atoms with Crippen molar-refractivity contribution >= 4 is 45.6 Å². The van der Waals surface area contributed by atoms with Crippen LogP contribution in [0.25, 0.3) is 10.9 Å². The minimum absolute atomic E-state index is 0.00400. The van der Waals surface area contributed by atoms with Gasteiger partial charge in [0.25, 0.3) is 0 Å². The summed E-state index contributed by atoms with van der Waals surface area (Å²) < 4.78 is 18.9. The predicted octanol–water partition coefficient (Wildman–Crippen LogP) is 5.16. The second-order valence-electron chi connectivity index (χ2n) is 7.80. The molecule has 1 aliphatic rings. The summed E-state index contributed by atoms with van der Waals surface area (Å²) in [6.45, 7) is 2.89. The number of ether oxygens (including phenoxy) is 1. The number of nitrogens with zero attached hydrogens (tertiary/aromatic N) is 3. The van der Waals surface area contributed by atoms with E-state index in [2.05, 4.69) is 25.5 Å². The van der Waals surface area contributed by atoms with Gasteiger partial charge in [-0.1, -0.05) is 24.1 Å². The Bertz CT molecular complexity index is 1180. The van der Waals surface area contributed by atoms with Gasteiger partial charge >= 0.3 is 0 Å². The molecule has 4 rings (SSSR count). The topological polar surface area (TPSA) is 79.4 Å². The van der Waals surface area contributed by atoms with Crippen LogP contribution in [0.15, 0.2) is 48.8 Å². The van der Waals surface area contributed by atoms with E-state index in [4.69, 9.17) is 16.3 Å². The molecular weight excluding hydrogens is 445 g/mol. The van der Waals surface area contributed by atoms with Crippen LogP contribution in [0.2, 0.25) is 5.02 Å². The van der Waals surface area contributed by atoms with E-state index in [-0.39, 0.29) is 10.9 Å². The number of nitrogens with one attached hydrogen (secondary N) is 2. The molecule has 2 N–H and O–H groups in total. The highest BCUT2D eigenvalue weighted by Crippen LogP contribution is 2.33. The molecule has 1 aromatic heterocycles. The number of fused-ring (bicyclic) bond motifs is 1. The molecule has 1 fully saturated rings. The maximum Gasteiger partial charge on any atom is 0.248 e. The van der Waals surface area contributed by atoms with Gasteiger partial charge in [-0.3, -0.25) is 9.69 Å². The fraction of sp³-hybridized carbons (Fsp3) is 0.292. The molecule has 7 nitrogen and oxygen atoms in total. The number of aromatic nitrogens is 2. The van der Waals surface area contributed by atoms with E-state index < -0.39 is 5.82 Å². The van der Waals surface area contributed by atoms with Crippen LogP contribution in [0.5, 0.6) is 5.75 Å². The molecule has 0 radical (unpaired) electrons. The molecular formula is C24H25ClFN5O2. The molecule has 0 unspecified atom stereocenters. The quantitative estimate of drug-likeness (QED) is 0.465. The highest BCUT2D eigenvalue weighted by Gasteiger charge is 2.13. The van der Waals surface area contributed by atoms with Gasteiger partial charge in [-0.25, -0.2) is 14.4 Å². The smallest absolute Gasteiger partial charge is 0.248 e. The average Bonchev–Trinajstić information content (AvgIpc) is 2.82. The van der Waals surface area contributed by atoms with Crippen LogP contribution in [-0.4, -0.2) is 47.5 Å². The Morgan fingerprint density at radius 2 is 2.03 bits per heavy atom. The van der Waals surface area contributed by atoms with Gasteiger partial charge in [-0.2, -0.15) is 0 Å². The van der Waals surface area contributed by atoms with Gasteiger partial charge in [0.2, 0.25) is 5.91 Å². The molecule has 0 atom stereocenters. The number of halogens is 2. The molecule has 172 valence electrons. The first-order valence-corrected chi connectivity index (χ1v) is 11.2. The molecule has 0 saturated carbocycles. The van der Waals surface area contributed by atoms with Crippen molar-refractivity contribution in [3.63, 3.8) is 0 Å². The van der Waals surface area contributed by atoms with Gasteiger partial charge in [0.1, 0.15) is 23.7 Å². The van der Waals surface area contributed by atoms with Crippen molar-refractivity contribution < 1.29 is 13.9 Å². The molecule has 3 aromatic rings. The second kappa shape index (κ2) is 10.6. The third kappa shape index (κ3) is 5.77. The summed E-state index contributed by atoms with van der Waals surface area (Å²) in [5, 5.41) is 6.67. The van der Waals surface area contributed by atoms with E-state index in [1.807, 2.05) is 6.08 Å². The van der Waals surface area contributed by atoms with Crippen molar-refractivity contribution in [1.29, 1.82) is 0 Å². The molecule has 1 amide bonds. The van der Waals surface area contributed by atoms with Crippen molar-refractivity contribution in [2.75, 3.05) is 37.4 Å². The van der Waals surface area contributed by atoms with E-state index in [1.54, 1.807) is 24.3 Å². The first-order valence-electron chi connectivity index (χ1n) is 10.8. The van der Waals surface area contributed by atoms with Crippen LogP contribution in [0, 0.1) is 5.82 Å². The van der Waals surface area contributed by atoms with E-state index in [1.165, 1.54) is 44.8 Å². The Morgan fingerprint density at radius 1 is 1.21 bits per heavy atom. The van der Waals surface area contributed by atoms with Crippen LogP contribution in [0.3, 0.4) is 0 Å². The lowest BCUT2D eigenvalue weighted by Gasteiger charge is -2.24. The van der Waals surface area contributed by atoms with Crippen LogP contribution >= 0.6 is 11.6 Å². The highest BCUT2D eigenvalue weighted by molar-refractivity contribution is 6.31. The maximum absolute atomic E-state index is 13.5. The Morgan fingerprint density at radius 3 is 2.79 bits per heavy atom. The monoisotopic (exact) mass is 469 g/mol. The van der Waals surface area contributed by atoms with Gasteiger partial charge in [-0.15, -0.1) is 0 Å². The third-order valence-corrected chi connectivity index (χ3v) is 5.77. The van der Waals surface area contributed by atoms with Crippen molar-refractivity contribution in [3.05, 3.63) is 59.7 Å². The molecule has 0 bridgehead atoms. The van der Waals surface area contributed by atoms with Gasteiger partial charge in [0.05, 0.1) is 23.3 Å². The zero-order valence-corrected chi connectivity index (χ0v) is 19.0. The first kappa shape index (κ1) is 22.9. The number of hydrogen-bond donors (Lipinski definition) is 2. The highest BCUT2D eigenvalue weighted by atomic mass is 35.5. The zero-order valence-electron chi connectivity index (χ0n) is 18.3. The molecule has 9 heteroatoms. The summed E-state index contributed by atoms with van der Waals surface area (Å²) in [4.78, 5) is 23.5. The maximum atomic E-state index is 13.5. The zero-order chi connectivity index (χ0) is 23.2. The van der Waals surface area contributed by atoms with Crippen molar-refractivity contribution in [3.8, 4) is 5.75 Å². The summed E-state index contributed by atoms with van der Waals surface area (Å²) in [6, 6.07) is 7.79. The molecule has 0 spiro atoms. The number of amides is 1. The average molecular weight is 470 g/mol. The number of hydrogen-bond acceptors (Lipinski definition) is 6. The number of rotatable bonds is 7. The molecule has 0 aliphatic carbocycles. The molecule has 1 saturated heterocycles. The van der Waals surface area contributed by atoms with Crippen LogP contribution in [0.1, 0.15) is 19.3 Å². The number of benzene rings is 2. The summed E-state index contributed by atoms with van der Waals surface area (Å²) in [6.07, 6.45) is 8.52. The molecule has 2 heterocycles. The third-order valence-electron chi connectivity index (χ3n) is 5.48. The Balaban J connectivity index is 1.55. The number of carbonyl (C=O) groups is 1. The van der Waals surface area contributed by atoms with Gasteiger partial charge in [0, 0.05) is 29.8 Å². The van der Waals surface area contributed by atoms with Crippen LogP contribution < -0.4 is 15.4 Å². The lowest BCUT2D eigenvalue weighted by molar-refractivity contribution is -0.111. The number of likely N-dealkylation sites (tertiary alicyclic amines) is 1. The Hall–Kier alpha value is -3.23. The van der Waals surface area contributed by atoms with Gasteiger partial charge < -0.3 is 15.4 Å². The SMILES string of the molecule is COc1cc2ncnc(Nc3ccc(F)c(Cl)c3)c2cc1NC(=O)/C=C\CN1CCCCC1. The number of anilines is 3. The number of carbonyl (C=O) groups excluding carboxylic acids is 1. The number of methoxy groups -OCH3 is 1. The summed E-state index contributed by atoms with van der Waals surface area (Å²) in [5.74, 6) is 0.218. The largest absolute Gasteiger partial charge is 0.494 e. The lowest BCUT2D eigenvalue weighted by atomic mass is 10.1. The first-order chi connectivity index (χ1) is 16.0. The molecule has 2 aromatic carbocycles. The van der Waals surface area contributed by atoms with E-state index in [9.17, 15) is 9.18 Å². The lowest BCUT2D eigenvalue weighted by Crippen LogP contribution is -2.29. The minimum Gasteiger partial charge on any atom is -0.494 e. The summed E-state index contributed by atoms with van der Waals surface area (Å²) >= 11 is 5.89. The van der Waals surface area contributed by atoms with Crippen molar-refractivity contribution in [2.45, 2.75) is 19.3 Å². The Kier molecular flexibility index (Phi) is 7.36. The fourth-order valence-electron chi connectivity index (χ4n) is 3.79. The van der Waals surface area contributed by atoms with Crippen LogP contribution in [0.4, 0.5) is 21.6 Å². The number of piperidine rings is 1. The molecule has 1 aliphatic heterocycles. The van der Waals surface area contributed by atoms with Crippen molar-refractivity contribution in [2.24, 2.45) is 0 Å². The normalized spacial score (nSPS) is 14.5. The fourth-order valence-corrected chi connectivity index (χ4v) is 3.97. The predicted molar refractivity (Wildman–Crippen MR) is 129 cm³/mol. The Labute approximate surface area is 196 Å². The second-order valence-corrected chi connectivity index (χ2v) is 8.21. The van der Waals surface area contributed by atoms with E-state index in [0.717, 1.165) is 19.6 Å². The van der Waals surface area contributed by atoms with Gasteiger partial charge in [-0.05, 0) is 50.2 Å². The minimum atomic E-state index is -0.502. The summed E-state index contributed by atoms with van der Waals surface area (Å²) in [5.41, 5.74) is 1.69. The van der Waals surface area contributed by atoms with Crippen LogP contribution in [-0.2, 0) is 4.79 Å². The van der Waals surface area contributed by atoms with Crippen molar-refractivity contribution in [1.82, 2.24) is 14.9 Å². The van der Waals surface area contributed by atoms with Gasteiger partial charge in [0.15, 0.2) is 0 Å². The summed E-state index contributed by atoms with van der Waals surface area (Å²) in [7, 11) is 1.53. The molecule has 33 heavy (non-hydrogen) atoms. The van der Waals surface area contributed by atoms with E-state index in [0.29, 0.717) is 33.8 Å².